The Morgan fingerprint density at radius 3 is 2.42 bits per heavy atom. The smallest absolute Gasteiger partial charge is 0.305 e. The number of aliphatic carboxylic acids is 1. The lowest BCUT2D eigenvalue weighted by Crippen LogP contribution is -2.27. The number of rotatable bonds is 7. The molecule has 1 aromatic rings. The quantitative estimate of drug-likeness (QED) is 0.595. The van der Waals surface area contributed by atoms with Gasteiger partial charge in [0.2, 0.25) is 14.2 Å². The third kappa shape index (κ3) is 5.19. The van der Waals surface area contributed by atoms with Gasteiger partial charge < -0.3 is 15.3 Å². The van der Waals surface area contributed by atoms with Gasteiger partial charge in [0.15, 0.2) is 0 Å². The van der Waals surface area contributed by atoms with Crippen LogP contribution in [0.2, 0.25) is 0 Å². The van der Waals surface area contributed by atoms with Gasteiger partial charge in [-0.05, 0) is 6.92 Å². The predicted molar refractivity (Wildman–Crippen MR) is 65.6 cm³/mol. The number of carbonyl (C=O) groups is 1. The van der Waals surface area contributed by atoms with E-state index in [0.717, 1.165) is 11.3 Å². The molecule has 0 aliphatic heterocycles. The van der Waals surface area contributed by atoms with E-state index in [1.807, 2.05) is 0 Å². The second-order valence-corrected chi connectivity index (χ2v) is 7.40. The summed E-state index contributed by atoms with van der Waals surface area (Å²) in [6, 6.07) is 0. The van der Waals surface area contributed by atoms with Gasteiger partial charge in [0.25, 0.3) is 0 Å². The van der Waals surface area contributed by atoms with E-state index < -0.39 is 40.2 Å². The Balaban J connectivity index is 2.61. The van der Waals surface area contributed by atoms with Gasteiger partial charge in [0.1, 0.15) is 5.01 Å². The predicted octanol–water partition coefficient (Wildman–Crippen LogP) is -0.793. The fraction of sp³-hybridized carbons (Fsp3) is 0.667. The topological polar surface area (TPSA) is 138 Å². The van der Waals surface area contributed by atoms with Crippen molar-refractivity contribution < 1.29 is 28.5 Å². The van der Waals surface area contributed by atoms with Gasteiger partial charge in [0, 0.05) is 6.42 Å². The molecule has 108 valence electrons. The molecule has 0 fully saturated rings. The minimum Gasteiger partial charge on any atom is -0.481 e. The average molecular weight is 310 g/mol. The molecule has 19 heavy (non-hydrogen) atoms. The number of aromatic nitrogens is 2. The molecule has 0 unspecified atom stereocenters. The molecular formula is C9H14N2O6S2. The maximum atomic E-state index is 11.8. The molecule has 0 bridgehead atoms. The molecule has 0 aromatic carbocycles. The number of hydrogen-bond acceptors (Lipinski definition) is 8. The third-order valence-corrected chi connectivity index (χ3v) is 5.22. The zero-order chi connectivity index (χ0) is 14.6. The van der Waals surface area contributed by atoms with E-state index in [9.17, 15) is 23.4 Å². The molecule has 8 nitrogen and oxygen atoms in total. The maximum Gasteiger partial charge on any atom is 0.305 e. The molecular weight excluding hydrogens is 296 g/mol. The summed E-state index contributed by atoms with van der Waals surface area (Å²) in [5.74, 6) is -1.85. The summed E-state index contributed by atoms with van der Waals surface area (Å²) < 4.78 is 23.4. The average Bonchev–Trinajstić information content (AvgIpc) is 2.62. The Morgan fingerprint density at radius 1 is 1.32 bits per heavy atom. The first-order valence-corrected chi connectivity index (χ1v) is 7.78. The second-order valence-electron chi connectivity index (χ2n) is 4.01. The third-order valence-electron chi connectivity index (χ3n) is 2.14. The van der Waals surface area contributed by atoms with Gasteiger partial charge >= 0.3 is 5.97 Å². The van der Waals surface area contributed by atoms with Crippen molar-refractivity contribution in [3.8, 4) is 0 Å². The van der Waals surface area contributed by atoms with Gasteiger partial charge in [-0.25, -0.2) is 8.42 Å². The molecule has 1 rings (SSSR count). The van der Waals surface area contributed by atoms with Gasteiger partial charge in [-0.1, -0.05) is 11.3 Å². The van der Waals surface area contributed by atoms with Gasteiger partial charge in [-0.2, -0.15) is 0 Å². The molecule has 0 amide bonds. The summed E-state index contributed by atoms with van der Waals surface area (Å²) in [6.45, 7) is 1.60. The normalized spacial score (nSPS) is 15.1. The lowest BCUT2D eigenvalue weighted by Gasteiger charge is -2.13. The molecule has 3 N–H and O–H groups in total. The maximum absolute atomic E-state index is 11.8. The highest BCUT2D eigenvalue weighted by atomic mass is 32.2. The van der Waals surface area contributed by atoms with Crippen LogP contribution in [0.5, 0.6) is 0 Å². The summed E-state index contributed by atoms with van der Waals surface area (Å²) in [5, 5.41) is 34.8. The van der Waals surface area contributed by atoms with E-state index in [-0.39, 0.29) is 10.8 Å². The first-order valence-electron chi connectivity index (χ1n) is 5.31. The molecule has 10 heteroatoms. The summed E-state index contributed by atoms with van der Waals surface area (Å²) in [5.41, 5.74) is 0. The van der Waals surface area contributed by atoms with Crippen LogP contribution in [0.25, 0.3) is 0 Å². The van der Waals surface area contributed by atoms with Crippen LogP contribution in [0.1, 0.15) is 17.8 Å². The van der Waals surface area contributed by atoms with Crippen LogP contribution in [0.15, 0.2) is 4.34 Å². The summed E-state index contributed by atoms with van der Waals surface area (Å²) in [4.78, 5) is 10.3. The first kappa shape index (κ1) is 16.0. The van der Waals surface area contributed by atoms with Gasteiger partial charge in [0.05, 0.1) is 24.4 Å². The van der Waals surface area contributed by atoms with Crippen LogP contribution in [0.3, 0.4) is 0 Å². The zero-order valence-corrected chi connectivity index (χ0v) is 11.7. The zero-order valence-electron chi connectivity index (χ0n) is 10.1. The Kier molecular flexibility index (Phi) is 5.35. The summed E-state index contributed by atoms with van der Waals surface area (Å²) in [6.07, 6.45) is -3.53. The summed E-state index contributed by atoms with van der Waals surface area (Å²) >= 11 is 0.888. The van der Waals surface area contributed by atoms with Crippen LogP contribution >= 0.6 is 11.3 Å². The molecule has 1 heterocycles. The molecule has 0 aliphatic carbocycles. The fourth-order valence-electron chi connectivity index (χ4n) is 1.40. The Morgan fingerprint density at radius 2 is 1.95 bits per heavy atom. The van der Waals surface area contributed by atoms with Gasteiger partial charge in [-0.15, -0.1) is 10.2 Å². The molecule has 0 aliphatic rings. The van der Waals surface area contributed by atoms with Crippen molar-refractivity contribution in [2.75, 3.05) is 5.75 Å². The van der Waals surface area contributed by atoms with E-state index in [1.165, 1.54) is 0 Å². The van der Waals surface area contributed by atoms with E-state index >= 15 is 0 Å². The largest absolute Gasteiger partial charge is 0.481 e. The monoisotopic (exact) mass is 310 g/mol. The van der Waals surface area contributed by atoms with E-state index in [1.54, 1.807) is 6.92 Å². The molecule has 0 spiro atoms. The minimum absolute atomic E-state index is 0.197. The van der Waals surface area contributed by atoms with E-state index in [4.69, 9.17) is 5.11 Å². The molecule has 2 atom stereocenters. The van der Waals surface area contributed by atoms with Crippen molar-refractivity contribution in [2.24, 2.45) is 0 Å². The molecule has 0 saturated carbocycles. The molecule has 0 radical (unpaired) electrons. The van der Waals surface area contributed by atoms with Crippen molar-refractivity contribution in [1.82, 2.24) is 10.2 Å². The van der Waals surface area contributed by atoms with E-state index in [0.29, 0.717) is 5.01 Å². The minimum atomic E-state index is -3.78. The Bertz CT molecular complexity index is 541. The van der Waals surface area contributed by atoms with Crippen LogP contribution in [-0.2, 0) is 14.6 Å². The molecule has 1 aromatic heterocycles. The highest BCUT2D eigenvalue weighted by Crippen LogP contribution is 2.18. The SMILES string of the molecule is Cc1nnc(S(=O)(=O)C[C@@H](O)C[C@@H](O)CC(=O)O)s1. The number of aliphatic hydroxyl groups is 2. The van der Waals surface area contributed by atoms with Crippen molar-refractivity contribution in [3.63, 3.8) is 0 Å². The number of aryl methyl sites for hydroxylation is 1. The van der Waals surface area contributed by atoms with Crippen molar-refractivity contribution in [2.45, 2.75) is 36.3 Å². The number of nitrogens with zero attached hydrogens (tertiary/aromatic N) is 2. The summed E-state index contributed by atoms with van der Waals surface area (Å²) in [7, 11) is -3.78. The number of hydrogen-bond donors (Lipinski definition) is 3. The first-order chi connectivity index (χ1) is 8.70. The van der Waals surface area contributed by atoms with Crippen LogP contribution in [-0.4, -0.2) is 57.9 Å². The van der Waals surface area contributed by atoms with Crippen LogP contribution < -0.4 is 0 Å². The van der Waals surface area contributed by atoms with Crippen molar-refractivity contribution in [3.05, 3.63) is 5.01 Å². The highest BCUT2D eigenvalue weighted by Gasteiger charge is 2.25. The number of sulfone groups is 1. The lowest BCUT2D eigenvalue weighted by molar-refractivity contribution is -0.139. The van der Waals surface area contributed by atoms with Crippen LogP contribution in [0.4, 0.5) is 0 Å². The fourth-order valence-corrected chi connectivity index (χ4v) is 3.84. The number of aliphatic hydroxyl groups excluding tert-OH is 2. The molecule has 0 saturated heterocycles. The standard InChI is InChI=1S/C9H14N2O6S2/c1-5-10-11-9(18-5)19(16,17)4-7(13)2-6(12)3-8(14)15/h6-7,12-13H,2-4H2,1H3,(H,14,15)/t6-,7+/m1/s1. The Hall–Kier alpha value is -1.10. The number of carboxylic acid groups (broad SMARTS) is 1. The lowest BCUT2D eigenvalue weighted by atomic mass is 10.1. The Labute approximate surface area is 113 Å². The number of carboxylic acids is 1. The van der Waals surface area contributed by atoms with Crippen molar-refractivity contribution >= 4 is 27.1 Å². The van der Waals surface area contributed by atoms with Crippen molar-refractivity contribution in [1.29, 1.82) is 0 Å². The van der Waals surface area contributed by atoms with Crippen LogP contribution in [0, 0.1) is 6.92 Å². The highest BCUT2D eigenvalue weighted by molar-refractivity contribution is 7.93. The van der Waals surface area contributed by atoms with Gasteiger partial charge in [-0.3, -0.25) is 4.79 Å². The van der Waals surface area contributed by atoms with E-state index in [2.05, 4.69) is 10.2 Å². The second kappa shape index (κ2) is 6.37.